The van der Waals surface area contributed by atoms with Crippen molar-refractivity contribution in [3.63, 3.8) is 0 Å². The van der Waals surface area contributed by atoms with E-state index in [9.17, 15) is 4.79 Å². The number of esters is 1. The highest BCUT2D eigenvalue weighted by Gasteiger charge is 2.01. The zero-order chi connectivity index (χ0) is 9.56. The average molecular weight is 171 g/mol. The van der Waals surface area contributed by atoms with Crippen LogP contribution < -0.4 is 0 Å². The van der Waals surface area contributed by atoms with Crippen molar-refractivity contribution >= 4 is 5.97 Å². The van der Waals surface area contributed by atoms with Gasteiger partial charge in [-0.25, -0.2) is 4.79 Å². The summed E-state index contributed by atoms with van der Waals surface area (Å²) in [5, 5.41) is 0. The first kappa shape index (κ1) is 11.2. The second-order valence-corrected chi connectivity index (χ2v) is 3.07. The van der Waals surface area contributed by atoms with Crippen LogP contribution in [-0.4, -0.2) is 38.1 Å². The Morgan fingerprint density at radius 2 is 2.08 bits per heavy atom. The molecule has 0 spiro atoms. The van der Waals surface area contributed by atoms with Crippen LogP contribution in [0.3, 0.4) is 0 Å². The third-order valence-corrected chi connectivity index (χ3v) is 1.33. The summed E-state index contributed by atoms with van der Waals surface area (Å²) in [4.78, 5) is 12.9. The first-order chi connectivity index (χ1) is 5.54. The van der Waals surface area contributed by atoms with Gasteiger partial charge in [-0.15, -0.1) is 0 Å². The molecule has 0 aromatic carbocycles. The lowest BCUT2D eigenvalue weighted by molar-refractivity contribution is -0.139. The normalized spacial score (nSPS) is 10.0. The Morgan fingerprint density at radius 1 is 1.50 bits per heavy atom. The van der Waals surface area contributed by atoms with Crippen LogP contribution in [0, 0.1) is 0 Å². The van der Waals surface area contributed by atoms with Crippen LogP contribution in [0.5, 0.6) is 0 Å². The first-order valence-electron chi connectivity index (χ1n) is 4.01. The minimum atomic E-state index is -0.297. The molecule has 0 aromatic heterocycles. The fourth-order valence-electron chi connectivity index (χ4n) is 0.669. The molecule has 0 amide bonds. The minimum Gasteiger partial charge on any atom is -0.462 e. The molecule has 0 saturated carbocycles. The Bertz CT molecular complexity index is 164. The van der Waals surface area contributed by atoms with Crippen LogP contribution in [0.25, 0.3) is 0 Å². The Labute approximate surface area is 74.0 Å². The van der Waals surface area contributed by atoms with Crippen LogP contribution in [0.15, 0.2) is 12.2 Å². The Balaban J connectivity index is 3.32. The fraction of sp³-hybridized carbons (Fsp3) is 0.667. The van der Waals surface area contributed by atoms with Crippen molar-refractivity contribution in [2.24, 2.45) is 0 Å². The number of rotatable bonds is 5. The molecule has 0 saturated heterocycles. The molecule has 3 heteroatoms. The van der Waals surface area contributed by atoms with E-state index in [0.29, 0.717) is 12.2 Å². The van der Waals surface area contributed by atoms with Gasteiger partial charge in [0.05, 0.1) is 6.61 Å². The van der Waals surface area contributed by atoms with Gasteiger partial charge in [0, 0.05) is 12.1 Å². The summed E-state index contributed by atoms with van der Waals surface area (Å²) in [7, 11) is 3.97. The SMILES string of the molecule is C=C(C)C(=O)OCCCN(C)C. The van der Waals surface area contributed by atoms with E-state index in [1.54, 1.807) is 6.92 Å². The summed E-state index contributed by atoms with van der Waals surface area (Å²) in [6, 6.07) is 0. The van der Waals surface area contributed by atoms with Crippen LogP contribution in [0.4, 0.5) is 0 Å². The number of ether oxygens (including phenoxy) is 1. The van der Waals surface area contributed by atoms with Crippen LogP contribution in [0.2, 0.25) is 0 Å². The quantitative estimate of drug-likeness (QED) is 0.352. The maximum atomic E-state index is 10.9. The molecule has 0 aliphatic carbocycles. The molecule has 0 unspecified atom stereocenters. The van der Waals surface area contributed by atoms with Crippen molar-refractivity contribution < 1.29 is 9.53 Å². The number of carbonyl (C=O) groups excluding carboxylic acids is 1. The summed E-state index contributed by atoms with van der Waals surface area (Å²) in [6.07, 6.45) is 0.867. The molecule has 0 aromatic rings. The lowest BCUT2D eigenvalue weighted by atomic mass is 10.3. The van der Waals surface area contributed by atoms with Crippen LogP contribution >= 0.6 is 0 Å². The Kier molecular flexibility index (Phi) is 5.37. The van der Waals surface area contributed by atoms with Gasteiger partial charge in [-0.3, -0.25) is 0 Å². The van der Waals surface area contributed by atoms with E-state index in [1.165, 1.54) is 0 Å². The van der Waals surface area contributed by atoms with Crippen molar-refractivity contribution in [3.8, 4) is 0 Å². The summed E-state index contributed by atoms with van der Waals surface area (Å²) in [6.45, 7) is 6.54. The van der Waals surface area contributed by atoms with E-state index < -0.39 is 0 Å². The largest absolute Gasteiger partial charge is 0.462 e. The molecule has 3 nitrogen and oxygen atoms in total. The van der Waals surface area contributed by atoms with Crippen LogP contribution in [-0.2, 0) is 9.53 Å². The Hall–Kier alpha value is -0.830. The minimum absolute atomic E-state index is 0.297. The lowest BCUT2D eigenvalue weighted by Crippen LogP contribution is -2.16. The van der Waals surface area contributed by atoms with Gasteiger partial charge in [-0.1, -0.05) is 6.58 Å². The highest BCUT2D eigenvalue weighted by atomic mass is 16.5. The molecule has 0 bridgehead atoms. The second kappa shape index (κ2) is 5.77. The maximum absolute atomic E-state index is 10.9. The van der Waals surface area contributed by atoms with E-state index >= 15 is 0 Å². The maximum Gasteiger partial charge on any atom is 0.333 e. The number of carbonyl (C=O) groups is 1. The predicted octanol–water partition coefficient (Wildman–Crippen LogP) is 1.06. The molecule has 0 atom stereocenters. The fourth-order valence-corrected chi connectivity index (χ4v) is 0.669. The molecule has 0 heterocycles. The molecule has 0 rings (SSSR count). The van der Waals surface area contributed by atoms with Gasteiger partial charge in [0.2, 0.25) is 0 Å². The lowest BCUT2D eigenvalue weighted by Gasteiger charge is -2.09. The van der Waals surface area contributed by atoms with Crippen molar-refractivity contribution in [1.29, 1.82) is 0 Å². The molecular weight excluding hydrogens is 154 g/mol. The number of hydrogen-bond acceptors (Lipinski definition) is 3. The molecule has 0 radical (unpaired) electrons. The highest BCUT2D eigenvalue weighted by molar-refractivity contribution is 5.86. The van der Waals surface area contributed by atoms with E-state index in [4.69, 9.17) is 4.74 Å². The van der Waals surface area contributed by atoms with Gasteiger partial charge >= 0.3 is 5.97 Å². The second-order valence-electron chi connectivity index (χ2n) is 3.07. The summed E-state index contributed by atoms with van der Waals surface area (Å²) >= 11 is 0. The molecular formula is C9H17NO2. The van der Waals surface area contributed by atoms with Crippen molar-refractivity contribution in [2.45, 2.75) is 13.3 Å². The van der Waals surface area contributed by atoms with E-state index in [2.05, 4.69) is 11.5 Å². The zero-order valence-corrected chi connectivity index (χ0v) is 8.09. The van der Waals surface area contributed by atoms with Gasteiger partial charge in [0.25, 0.3) is 0 Å². The number of hydrogen-bond donors (Lipinski definition) is 0. The van der Waals surface area contributed by atoms with Gasteiger partial charge in [-0.05, 0) is 27.4 Å². The molecule has 0 aliphatic heterocycles. The van der Waals surface area contributed by atoms with Gasteiger partial charge < -0.3 is 9.64 Å². The third kappa shape index (κ3) is 5.92. The topological polar surface area (TPSA) is 29.5 Å². The van der Waals surface area contributed by atoms with Crippen LogP contribution in [0.1, 0.15) is 13.3 Å². The standard InChI is InChI=1S/C9H17NO2/c1-8(2)9(11)12-7-5-6-10(3)4/h1,5-7H2,2-4H3. The van der Waals surface area contributed by atoms with Gasteiger partial charge in [0.15, 0.2) is 0 Å². The number of nitrogens with zero attached hydrogens (tertiary/aromatic N) is 1. The summed E-state index contributed by atoms with van der Waals surface area (Å²) in [5.41, 5.74) is 0.458. The zero-order valence-electron chi connectivity index (χ0n) is 8.09. The molecule has 12 heavy (non-hydrogen) atoms. The average Bonchev–Trinajstić information content (AvgIpc) is 1.97. The van der Waals surface area contributed by atoms with Crippen molar-refractivity contribution in [2.75, 3.05) is 27.2 Å². The summed E-state index contributed by atoms with van der Waals surface area (Å²) < 4.78 is 4.89. The monoisotopic (exact) mass is 171 g/mol. The van der Waals surface area contributed by atoms with Crippen molar-refractivity contribution in [3.05, 3.63) is 12.2 Å². The molecule has 70 valence electrons. The van der Waals surface area contributed by atoms with E-state index in [1.807, 2.05) is 14.1 Å². The highest BCUT2D eigenvalue weighted by Crippen LogP contribution is 1.93. The summed E-state index contributed by atoms with van der Waals surface area (Å²) in [5.74, 6) is -0.297. The predicted molar refractivity (Wildman–Crippen MR) is 48.9 cm³/mol. The van der Waals surface area contributed by atoms with E-state index in [-0.39, 0.29) is 5.97 Å². The smallest absolute Gasteiger partial charge is 0.333 e. The third-order valence-electron chi connectivity index (χ3n) is 1.33. The van der Waals surface area contributed by atoms with Crippen molar-refractivity contribution in [1.82, 2.24) is 4.90 Å². The molecule has 0 aliphatic rings. The first-order valence-corrected chi connectivity index (χ1v) is 4.01. The van der Waals surface area contributed by atoms with Gasteiger partial charge in [0.1, 0.15) is 0 Å². The van der Waals surface area contributed by atoms with Gasteiger partial charge in [-0.2, -0.15) is 0 Å². The van der Waals surface area contributed by atoms with E-state index in [0.717, 1.165) is 13.0 Å². The Morgan fingerprint density at radius 3 is 2.50 bits per heavy atom. The molecule has 0 fully saturated rings. The molecule has 0 N–H and O–H groups in total.